The Morgan fingerprint density at radius 3 is 2.70 bits per heavy atom. The Balaban J connectivity index is 1.78. The van der Waals surface area contributed by atoms with Gasteiger partial charge in [-0.05, 0) is 55.2 Å². The van der Waals surface area contributed by atoms with Gasteiger partial charge in [0.25, 0.3) is 5.91 Å². The van der Waals surface area contributed by atoms with Gasteiger partial charge in [-0.3, -0.25) is 4.79 Å². The fraction of sp³-hybridized carbons (Fsp3) is 0.562. The minimum Gasteiger partial charge on any atom is -0.399 e. The minimum atomic E-state index is 0.0192. The number of nitrogens with two attached hydrogens (primary N) is 1. The van der Waals surface area contributed by atoms with E-state index in [9.17, 15) is 4.79 Å². The van der Waals surface area contributed by atoms with Crippen molar-refractivity contribution >= 4 is 11.6 Å². The molecule has 1 aliphatic carbocycles. The highest BCUT2D eigenvalue weighted by atomic mass is 16.5. The molecule has 4 heteroatoms. The highest BCUT2D eigenvalue weighted by Gasteiger charge is 2.25. The quantitative estimate of drug-likeness (QED) is 0.828. The van der Waals surface area contributed by atoms with Gasteiger partial charge < -0.3 is 15.8 Å². The van der Waals surface area contributed by atoms with Crippen molar-refractivity contribution < 1.29 is 9.53 Å². The van der Waals surface area contributed by atoms with Crippen molar-refractivity contribution in [3.8, 4) is 0 Å². The number of nitrogen functional groups attached to an aromatic ring is 1. The molecule has 3 rings (SSSR count). The highest BCUT2D eigenvalue weighted by Crippen LogP contribution is 2.31. The number of amides is 1. The van der Waals surface area contributed by atoms with E-state index in [0.29, 0.717) is 17.5 Å². The number of rotatable bonds is 4. The van der Waals surface area contributed by atoms with Crippen molar-refractivity contribution in [1.82, 2.24) is 5.32 Å². The van der Waals surface area contributed by atoms with Crippen LogP contribution in [0.2, 0.25) is 0 Å². The average molecular weight is 274 g/mol. The zero-order chi connectivity index (χ0) is 13.9. The monoisotopic (exact) mass is 274 g/mol. The molecule has 0 aromatic heterocycles. The van der Waals surface area contributed by atoms with Crippen LogP contribution in [-0.4, -0.2) is 25.7 Å². The van der Waals surface area contributed by atoms with E-state index >= 15 is 0 Å². The first-order valence-electron chi connectivity index (χ1n) is 7.49. The molecule has 0 spiro atoms. The van der Waals surface area contributed by atoms with Gasteiger partial charge in [-0.25, -0.2) is 0 Å². The lowest BCUT2D eigenvalue weighted by atomic mass is 9.87. The Morgan fingerprint density at radius 1 is 1.25 bits per heavy atom. The molecule has 1 aliphatic heterocycles. The van der Waals surface area contributed by atoms with Gasteiger partial charge >= 0.3 is 0 Å². The summed E-state index contributed by atoms with van der Waals surface area (Å²) in [6, 6.07) is 5.72. The summed E-state index contributed by atoms with van der Waals surface area (Å²) in [5.41, 5.74) is 8.38. The van der Waals surface area contributed by atoms with E-state index in [0.717, 1.165) is 43.7 Å². The van der Waals surface area contributed by atoms with Crippen molar-refractivity contribution in [1.29, 1.82) is 0 Å². The lowest BCUT2D eigenvalue weighted by molar-refractivity contribution is 0.0841. The van der Waals surface area contributed by atoms with Crippen LogP contribution in [0.4, 0.5) is 5.69 Å². The molecule has 1 aromatic carbocycles. The lowest BCUT2D eigenvalue weighted by Gasteiger charge is -2.24. The fourth-order valence-corrected chi connectivity index (χ4v) is 2.79. The van der Waals surface area contributed by atoms with Gasteiger partial charge in [0.1, 0.15) is 0 Å². The second kappa shape index (κ2) is 5.83. The van der Waals surface area contributed by atoms with Gasteiger partial charge in [0.2, 0.25) is 0 Å². The Bertz CT molecular complexity index is 491. The maximum absolute atomic E-state index is 12.4. The van der Waals surface area contributed by atoms with Crippen LogP contribution in [0, 0.1) is 5.92 Å². The summed E-state index contributed by atoms with van der Waals surface area (Å²) >= 11 is 0. The summed E-state index contributed by atoms with van der Waals surface area (Å²) < 4.78 is 5.41. The number of anilines is 1. The van der Waals surface area contributed by atoms with Gasteiger partial charge in [-0.15, -0.1) is 0 Å². The number of hydrogen-bond donors (Lipinski definition) is 2. The van der Waals surface area contributed by atoms with E-state index in [1.54, 1.807) is 0 Å². The number of carbonyl (C=O) groups excluding carboxylic acids is 1. The molecule has 20 heavy (non-hydrogen) atoms. The third-order valence-corrected chi connectivity index (χ3v) is 4.23. The molecule has 2 fully saturated rings. The van der Waals surface area contributed by atoms with Gasteiger partial charge in [-0.2, -0.15) is 0 Å². The van der Waals surface area contributed by atoms with Gasteiger partial charge in [0, 0.05) is 31.0 Å². The first kappa shape index (κ1) is 13.4. The number of carbonyl (C=O) groups is 1. The summed E-state index contributed by atoms with van der Waals surface area (Å²) in [5, 5.41) is 3.04. The van der Waals surface area contributed by atoms with Gasteiger partial charge in [0.05, 0.1) is 0 Å². The van der Waals surface area contributed by atoms with Crippen molar-refractivity contribution in [3.05, 3.63) is 29.3 Å². The zero-order valence-electron chi connectivity index (χ0n) is 11.7. The molecule has 1 saturated heterocycles. The molecule has 108 valence electrons. The minimum absolute atomic E-state index is 0.0192. The smallest absolute Gasteiger partial charge is 0.251 e. The van der Waals surface area contributed by atoms with Crippen molar-refractivity contribution in [2.45, 2.75) is 31.6 Å². The molecule has 1 saturated carbocycles. The molecule has 3 N–H and O–H groups in total. The van der Waals surface area contributed by atoms with Crippen LogP contribution >= 0.6 is 0 Å². The second-order valence-electron chi connectivity index (χ2n) is 5.89. The lowest BCUT2D eigenvalue weighted by Crippen LogP contribution is -2.28. The number of hydrogen-bond acceptors (Lipinski definition) is 3. The average Bonchev–Trinajstić information content (AvgIpc) is 3.30. The Morgan fingerprint density at radius 2 is 2.00 bits per heavy atom. The van der Waals surface area contributed by atoms with Crippen LogP contribution < -0.4 is 11.1 Å². The van der Waals surface area contributed by atoms with Crippen LogP contribution in [0.25, 0.3) is 0 Å². The third-order valence-electron chi connectivity index (χ3n) is 4.23. The summed E-state index contributed by atoms with van der Waals surface area (Å²) in [6.07, 6.45) is 4.44. The van der Waals surface area contributed by atoms with Gasteiger partial charge in [0.15, 0.2) is 0 Å². The summed E-state index contributed by atoms with van der Waals surface area (Å²) in [6.45, 7) is 2.34. The molecule has 0 unspecified atom stereocenters. The predicted molar refractivity (Wildman–Crippen MR) is 78.7 cm³/mol. The molecule has 1 heterocycles. The normalized spacial score (nSPS) is 19.8. The van der Waals surface area contributed by atoms with E-state index in [1.165, 1.54) is 12.8 Å². The number of ether oxygens (including phenoxy) is 1. The maximum atomic E-state index is 12.4. The second-order valence-corrected chi connectivity index (χ2v) is 5.89. The SMILES string of the molecule is Nc1ccc(C2CCOCC2)c(C(=O)NCC2CC2)c1. The molecule has 2 aliphatic rings. The predicted octanol–water partition coefficient (Wildman–Crippen LogP) is 2.30. The van der Waals surface area contributed by atoms with Crippen LogP contribution in [0.1, 0.15) is 47.5 Å². The standard InChI is InChI=1S/C16H22N2O2/c17-13-3-4-14(12-5-7-20-8-6-12)15(9-13)16(19)18-10-11-1-2-11/h3-4,9,11-12H,1-2,5-8,10,17H2,(H,18,19). The summed E-state index contributed by atoms with van der Waals surface area (Å²) in [4.78, 5) is 12.4. The van der Waals surface area contributed by atoms with Crippen LogP contribution in [0.3, 0.4) is 0 Å². The molecular formula is C16H22N2O2. The summed E-state index contributed by atoms with van der Waals surface area (Å²) in [7, 11) is 0. The highest BCUT2D eigenvalue weighted by molar-refractivity contribution is 5.96. The topological polar surface area (TPSA) is 64.3 Å². The molecule has 1 aromatic rings. The van der Waals surface area contributed by atoms with E-state index in [1.807, 2.05) is 18.2 Å². The van der Waals surface area contributed by atoms with Crippen LogP contribution in [0.5, 0.6) is 0 Å². The van der Waals surface area contributed by atoms with Crippen LogP contribution in [-0.2, 0) is 4.74 Å². The maximum Gasteiger partial charge on any atom is 0.251 e. The van der Waals surface area contributed by atoms with E-state index in [4.69, 9.17) is 10.5 Å². The molecule has 1 amide bonds. The Kier molecular flexibility index (Phi) is 3.92. The van der Waals surface area contributed by atoms with Crippen molar-refractivity contribution in [3.63, 3.8) is 0 Å². The largest absolute Gasteiger partial charge is 0.399 e. The number of benzene rings is 1. The zero-order valence-corrected chi connectivity index (χ0v) is 11.7. The first-order chi connectivity index (χ1) is 9.74. The first-order valence-corrected chi connectivity index (χ1v) is 7.49. The van der Waals surface area contributed by atoms with E-state index in [-0.39, 0.29) is 5.91 Å². The van der Waals surface area contributed by atoms with E-state index < -0.39 is 0 Å². The Labute approximate surface area is 119 Å². The summed E-state index contributed by atoms with van der Waals surface area (Å²) in [5.74, 6) is 1.11. The molecule has 4 nitrogen and oxygen atoms in total. The molecule has 0 bridgehead atoms. The van der Waals surface area contributed by atoms with Crippen molar-refractivity contribution in [2.75, 3.05) is 25.5 Å². The molecular weight excluding hydrogens is 252 g/mol. The molecule has 0 atom stereocenters. The van der Waals surface area contributed by atoms with Crippen LogP contribution in [0.15, 0.2) is 18.2 Å². The van der Waals surface area contributed by atoms with Gasteiger partial charge in [-0.1, -0.05) is 6.07 Å². The van der Waals surface area contributed by atoms with E-state index in [2.05, 4.69) is 5.32 Å². The van der Waals surface area contributed by atoms with Crippen molar-refractivity contribution in [2.24, 2.45) is 5.92 Å². The number of nitrogens with one attached hydrogen (secondary N) is 1. The molecule has 0 radical (unpaired) electrons. The Hall–Kier alpha value is -1.55. The third kappa shape index (κ3) is 3.12. The fourth-order valence-electron chi connectivity index (χ4n) is 2.79.